The summed E-state index contributed by atoms with van der Waals surface area (Å²) in [7, 11) is 0. The molecule has 1 aromatic carbocycles. The number of hydrogen-bond donors (Lipinski definition) is 3. The van der Waals surface area contributed by atoms with Gasteiger partial charge in [-0.3, -0.25) is 5.41 Å². The van der Waals surface area contributed by atoms with Crippen molar-refractivity contribution in [1.29, 1.82) is 5.41 Å². The number of alkyl halides is 6. The number of benzene rings is 1. The highest BCUT2D eigenvalue weighted by Gasteiger charge is 2.39. The van der Waals surface area contributed by atoms with Gasteiger partial charge in [-0.05, 0) is 55.0 Å². The number of hydrogen-bond acceptors (Lipinski definition) is 6. The van der Waals surface area contributed by atoms with E-state index >= 15 is 0 Å². The molecule has 0 bridgehead atoms. The summed E-state index contributed by atoms with van der Waals surface area (Å²) in [6.07, 6.45) is -3.86. The van der Waals surface area contributed by atoms with E-state index in [4.69, 9.17) is 27.9 Å². The van der Waals surface area contributed by atoms with E-state index in [9.17, 15) is 26.3 Å². The Morgan fingerprint density at radius 3 is 2.21 bits per heavy atom. The SMILES string of the molecule is CCC1C[C@H](N(Cc2cc(C(F)(F)F)cc(C(F)(F)F)c2)c2ncc(CCCO)cn2)CN1C(=N)C(Cl)=CN. The highest BCUT2D eigenvalue weighted by molar-refractivity contribution is 6.42. The van der Waals surface area contributed by atoms with E-state index < -0.39 is 29.5 Å². The Morgan fingerprint density at radius 2 is 1.72 bits per heavy atom. The lowest BCUT2D eigenvalue weighted by Gasteiger charge is -2.30. The third-order valence-corrected chi connectivity index (χ3v) is 6.84. The van der Waals surface area contributed by atoms with Gasteiger partial charge >= 0.3 is 12.4 Å². The van der Waals surface area contributed by atoms with Crippen LogP contribution in [-0.4, -0.2) is 51.0 Å². The van der Waals surface area contributed by atoms with Gasteiger partial charge in [0.25, 0.3) is 0 Å². The Labute approximate surface area is 226 Å². The van der Waals surface area contributed by atoms with Crippen LogP contribution in [0.2, 0.25) is 0 Å². The predicted molar refractivity (Wildman–Crippen MR) is 135 cm³/mol. The molecule has 7 nitrogen and oxygen atoms in total. The predicted octanol–water partition coefficient (Wildman–Crippen LogP) is 5.31. The molecule has 2 heterocycles. The minimum Gasteiger partial charge on any atom is -0.403 e. The van der Waals surface area contributed by atoms with Gasteiger partial charge in [0.1, 0.15) is 5.84 Å². The molecule has 0 amide bonds. The maximum absolute atomic E-state index is 13.5. The Bertz CT molecular complexity index is 1140. The van der Waals surface area contributed by atoms with E-state index in [1.165, 1.54) is 12.4 Å². The zero-order valence-electron chi connectivity index (χ0n) is 21.0. The van der Waals surface area contributed by atoms with Gasteiger partial charge in [-0.15, -0.1) is 0 Å². The van der Waals surface area contributed by atoms with Crippen LogP contribution >= 0.6 is 11.6 Å². The van der Waals surface area contributed by atoms with Crippen LogP contribution in [0.1, 0.15) is 48.4 Å². The van der Waals surface area contributed by atoms with Crippen molar-refractivity contribution in [3.63, 3.8) is 0 Å². The topological polar surface area (TPSA) is 102 Å². The van der Waals surface area contributed by atoms with Crippen molar-refractivity contribution in [2.75, 3.05) is 18.1 Å². The standard InChI is InChI=1S/C25H29ClF6N6O/c1-2-19-9-20(14-37(19)22(34)21(26)10-33)38(23-35-11-15(12-36-23)4-3-5-39)13-16-6-17(24(27,28)29)8-18(7-16)25(30,31)32/h6-8,10-12,19-20,34,39H,2-5,9,13-14,33H2,1H3/t19?,20-/m0/s1. The molecule has 214 valence electrons. The quantitative estimate of drug-likeness (QED) is 0.212. The molecular weight excluding hydrogens is 550 g/mol. The number of aromatic nitrogens is 2. The van der Waals surface area contributed by atoms with Crippen molar-refractivity contribution in [2.45, 2.75) is 63.6 Å². The summed E-state index contributed by atoms with van der Waals surface area (Å²) in [5.74, 6) is 0.0783. The molecule has 4 N–H and O–H groups in total. The molecule has 1 fully saturated rings. The molecule has 2 atom stereocenters. The van der Waals surface area contributed by atoms with Gasteiger partial charge in [0.2, 0.25) is 5.95 Å². The number of likely N-dealkylation sites (tertiary alicyclic amines) is 1. The van der Waals surface area contributed by atoms with Crippen LogP contribution in [0.3, 0.4) is 0 Å². The molecule has 0 spiro atoms. The van der Waals surface area contributed by atoms with Gasteiger partial charge in [0.05, 0.1) is 22.2 Å². The first-order chi connectivity index (χ1) is 18.3. The number of aliphatic hydroxyl groups is 1. The number of nitrogens with one attached hydrogen (secondary N) is 1. The Hall–Kier alpha value is -3.06. The maximum Gasteiger partial charge on any atom is 0.416 e. The van der Waals surface area contributed by atoms with Crippen molar-refractivity contribution in [2.24, 2.45) is 5.73 Å². The number of aryl methyl sites for hydroxylation is 1. The Balaban J connectivity index is 2.04. The van der Waals surface area contributed by atoms with Gasteiger partial charge in [-0.1, -0.05) is 18.5 Å². The summed E-state index contributed by atoms with van der Waals surface area (Å²) in [5, 5.41) is 17.5. The first-order valence-corrected chi connectivity index (χ1v) is 12.6. The fourth-order valence-electron chi connectivity index (χ4n) is 4.57. The van der Waals surface area contributed by atoms with Crippen LogP contribution in [-0.2, 0) is 25.3 Å². The number of anilines is 1. The van der Waals surface area contributed by atoms with Gasteiger partial charge in [-0.25, -0.2) is 9.97 Å². The van der Waals surface area contributed by atoms with Gasteiger partial charge in [0.15, 0.2) is 0 Å². The zero-order valence-corrected chi connectivity index (χ0v) is 21.8. The van der Waals surface area contributed by atoms with E-state index in [1.54, 1.807) is 9.80 Å². The fourth-order valence-corrected chi connectivity index (χ4v) is 4.68. The smallest absolute Gasteiger partial charge is 0.403 e. The number of halogens is 7. The number of rotatable bonds is 9. The van der Waals surface area contributed by atoms with E-state index in [0.717, 1.165) is 6.20 Å². The zero-order chi connectivity index (χ0) is 29.0. The molecule has 1 unspecified atom stereocenters. The minimum atomic E-state index is -4.98. The lowest BCUT2D eigenvalue weighted by atomic mass is 10.0. The minimum absolute atomic E-state index is 0.0119. The fraction of sp³-hybridized carbons (Fsp3) is 0.480. The molecule has 1 saturated heterocycles. The molecule has 0 radical (unpaired) electrons. The third-order valence-electron chi connectivity index (χ3n) is 6.54. The molecule has 1 aliphatic heterocycles. The van der Waals surface area contributed by atoms with Crippen molar-refractivity contribution >= 4 is 23.4 Å². The second kappa shape index (κ2) is 12.4. The van der Waals surface area contributed by atoms with Crippen LogP contribution in [0.4, 0.5) is 32.3 Å². The van der Waals surface area contributed by atoms with E-state index in [2.05, 4.69) is 9.97 Å². The average Bonchev–Trinajstić information content (AvgIpc) is 3.33. The van der Waals surface area contributed by atoms with Crippen molar-refractivity contribution in [1.82, 2.24) is 14.9 Å². The van der Waals surface area contributed by atoms with Gasteiger partial charge in [-0.2, -0.15) is 26.3 Å². The van der Waals surface area contributed by atoms with Gasteiger partial charge in [0, 0.05) is 44.3 Å². The van der Waals surface area contributed by atoms with Crippen molar-refractivity contribution in [3.05, 3.63) is 64.1 Å². The number of nitrogens with two attached hydrogens (primary N) is 1. The third kappa shape index (κ3) is 7.53. The molecule has 0 aliphatic carbocycles. The molecule has 39 heavy (non-hydrogen) atoms. The molecule has 2 aromatic rings. The molecule has 0 saturated carbocycles. The summed E-state index contributed by atoms with van der Waals surface area (Å²) in [6.45, 7) is 1.72. The largest absolute Gasteiger partial charge is 0.416 e. The molecule has 1 aromatic heterocycles. The van der Waals surface area contributed by atoms with Crippen LogP contribution in [0, 0.1) is 5.41 Å². The monoisotopic (exact) mass is 578 g/mol. The molecule has 14 heteroatoms. The average molecular weight is 579 g/mol. The summed E-state index contributed by atoms with van der Waals surface area (Å²) in [5.41, 5.74) is 3.15. The van der Waals surface area contributed by atoms with Crippen LogP contribution < -0.4 is 10.6 Å². The van der Waals surface area contributed by atoms with E-state index in [-0.39, 0.29) is 54.2 Å². The normalized spacial score (nSPS) is 18.5. The summed E-state index contributed by atoms with van der Waals surface area (Å²) in [4.78, 5) is 12.0. The van der Waals surface area contributed by atoms with Crippen molar-refractivity contribution in [3.8, 4) is 0 Å². The summed E-state index contributed by atoms with van der Waals surface area (Å²) in [6, 6.07) is 0.822. The summed E-state index contributed by atoms with van der Waals surface area (Å²) < 4.78 is 81.0. The summed E-state index contributed by atoms with van der Waals surface area (Å²) >= 11 is 6.07. The number of nitrogens with zero attached hydrogens (tertiary/aromatic N) is 4. The first kappa shape index (κ1) is 30.5. The van der Waals surface area contributed by atoms with Crippen LogP contribution in [0.5, 0.6) is 0 Å². The Kier molecular flexibility index (Phi) is 9.70. The molecule has 3 rings (SSSR count). The first-order valence-electron chi connectivity index (χ1n) is 12.2. The lowest BCUT2D eigenvalue weighted by Crippen LogP contribution is -2.40. The second-order valence-corrected chi connectivity index (χ2v) is 9.63. The Morgan fingerprint density at radius 1 is 1.13 bits per heavy atom. The highest BCUT2D eigenvalue weighted by atomic mass is 35.5. The van der Waals surface area contributed by atoms with E-state index in [0.29, 0.717) is 43.4 Å². The number of amidine groups is 1. The van der Waals surface area contributed by atoms with Crippen molar-refractivity contribution < 1.29 is 31.4 Å². The second-order valence-electron chi connectivity index (χ2n) is 9.23. The van der Waals surface area contributed by atoms with Gasteiger partial charge < -0.3 is 20.6 Å². The maximum atomic E-state index is 13.5. The van der Waals surface area contributed by atoms with Crippen LogP contribution in [0.15, 0.2) is 41.8 Å². The van der Waals surface area contributed by atoms with E-state index in [1.807, 2.05) is 6.92 Å². The lowest BCUT2D eigenvalue weighted by molar-refractivity contribution is -0.143. The molecular formula is C25H29ClF6N6O. The number of aliphatic hydroxyl groups excluding tert-OH is 1. The van der Waals surface area contributed by atoms with Crippen LogP contribution in [0.25, 0.3) is 0 Å². The molecule has 1 aliphatic rings. The highest BCUT2D eigenvalue weighted by Crippen LogP contribution is 2.37.